The number of amides is 1. The van der Waals surface area contributed by atoms with Crippen molar-refractivity contribution >= 4 is 21.8 Å². The standard InChI is InChI=1S/C15H17BrN4O2/c1-11(21)20-7-5-19(6-8-20)10-14-17-15(18-22-14)12-3-2-4-13(16)9-12/h2-4,9H,5-8,10H2,1H3/p+1. The van der Waals surface area contributed by atoms with Crippen molar-refractivity contribution in [2.45, 2.75) is 13.5 Å². The Balaban J connectivity index is 1.62. The molecule has 1 saturated heterocycles. The zero-order valence-corrected chi connectivity index (χ0v) is 14.0. The number of hydrogen-bond acceptors (Lipinski definition) is 4. The lowest BCUT2D eigenvalue weighted by Gasteiger charge is -2.30. The predicted octanol–water partition coefficient (Wildman–Crippen LogP) is 0.746. The molecule has 3 rings (SSSR count). The van der Waals surface area contributed by atoms with E-state index in [0.29, 0.717) is 18.3 Å². The van der Waals surface area contributed by atoms with Crippen LogP contribution in [0, 0.1) is 0 Å². The molecule has 1 N–H and O–H groups in total. The molecule has 0 radical (unpaired) electrons. The van der Waals surface area contributed by atoms with Gasteiger partial charge in [0.2, 0.25) is 11.7 Å². The second kappa shape index (κ2) is 6.58. The first-order chi connectivity index (χ1) is 10.6. The summed E-state index contributed by atoms with van der Waals surface area (Å²) in [7, 11) is 0. The van der Waals surface area contributed by atoms with Crippen molar-refractivity contribution in [2.75, 3.05) is 26.2 Å². The normalized spacial score (nSPS) is 16.0. The molecule has 7 heteroatoms. The summed E-state index contributed by atoms with van der Waals surface area (Å²) in [6.07, 6.45) is 0. The average Bonchev–Trinajstić information content (AvgIpc) is 2.96. The first-order valence-electron chi connectivity index (χ1n) is 7.29. The first-order valence-corrected chi connectivity index (χ1v) is 8.09. The summed E-state index contributed by atoms with van der Waals surface area (Å²) in [6, 6.07) is 7.83. The van der Waals surface area contributed by atoms with Gasteiger partial charge in [-0.2, -0.15) is 4.98 Å². The number of quaternary nitrogens is 1. The van der Waals surface area contributed by atoms with Crippen LogP contribution in [0.2, 0.25) is 0 Å². The highest BCUT2D eigenvalue weighted by Crippen LogP contribution is 2.20. The van der Waals surface area contributed by atoms with Gasteiger partial charge >= 0.3 is 0 Å². The largest absolute Gasteiger partial charge is 0.333 e. The molecule has 1 amide bonds. The molecule has 22 heavy (non-hydrogen) atoms. The molecule has 0 bridgehead atoms. The lowest BCUT2D eigenvalue weighted by atomic mass is 10.2. The third kappa shape index (κ3) is 3.53. The molecule has 0 unspecified atom stereocenters. The highest BCUT2D eigenvalue weighted by Gasteiger charge is 2.23. The van der Waals surface area contributed by atoms with Crippen LogP contribution in [0.1, 0.15) is 12.8 Å². The number of nitrogens with one attached hydrogen (secondary N) is 1. The molecule has 6 nitrogen and oxygen atoms in total. The fraction of sp³-hybridized carbons (Fsp3) is 0.400. The quantitative estimate of drug-likeness (QED) is 0.871. The highest BCUT2D eigenvalue weighted by atomic mass is 79.9. The number of hydrogen-bond donors (Lipinski definition) is 1. The number of halogens is 1. The SMILES string of the molecule is CC(=O)N1CC[NH+](Cc2nc(-c3cccc(Br)c3)no2)CC1. The average molecular weight is 366 g/mol. The van der Waals surface area contributed by atoms with Crippen LogP contribution in [0.25, 0.3) is 11.4 Å². The summed E-state index contributed by atoms with van der Waals surface area (Å²) in [5.74, 6) is 1.40. The van der Waals surface area contributed by atoms with E-state index in [2.05, 4.69) is 26.1 Å². The van der Waals surface area contributed by atoms with Crippen molar-refractivity contribution in [3.63, 3.8) is 0 Å². The maximum atomic E-state index is 11.3. The summed E-state index contributed by atoms with van der Waals surface area (Å²) >= 11 is 3.44. The Morgan fingerprint density at radius 3 is 2.86 bits per heavy atom. The zero-order valence-electron chi connectivity index (χ0n) is 12.4. The minimum absolute atomic E-state index is 0.147. The van der Waals surface area contributed by atoms with Gasteiger partial charge in [0, 0.05) is 17.0 Å². The Morgan fingerprint density at radius 2 is 2.18 bits per heavy atom. The summed E-state index contributed by atoms with van der Waals surface area (Å²) in [5.41, 5.74) is 0.931. The number of nitrogens with zero attached hydrogens (tertiary/aromatic N) is 3. The second-order valence-corrected chi connectivity index (χ2v) is 6.37. The van der Waals surface area contributed by atoms with Crippen LogP contribution in [-0.4, -0.2) is 47.1 Å². The molecule has 0 spiro atoms. The maximum Gasteiger partial charge on any atom is 0.282 e. The van der Waals surface area contributed by atoms with Crippen molar-refractivity contribution < 1.29 is 14.2 Å². The van der Waals surface area contributed by atoms with Crippen LogP contribution in [0.4, 0.5) is 0 Å². The number of carbonyl (C=O) groups excluding carboxylic acids is 1. The predicted molar refractivity (Wildman–Crippen MR) is 84.1 cm³/mol. The van der Waals surface area contributed by atoms with Gasteiger partial charge in [0.1, 0.15) is 0 Å². The Morgan fingerprint density at radius 1 is 1.41 bits per heavy atom. The molecule has 2 heterocycles. The molecule has 116 valence electrons. The highest BCUT2D eigenvalue weighted by molar-refractivity contribution is 9.10. The molecule has 2 aromatic rings. The summed E-state index contributed by atoms with van der Waals surface area (Å²) in [4.78, 5) is 19.0. The molecule has 1 fully saturated rings. The number of aromatic nitrogens is 2. The Hall–Kier alpha value is -1.73. The molecule has 1 aromatic heterocycles. The van der Waals surface area contributed by atoms with Gasteiger partial charge in [0.15, 0.2) is 6.54 Å². The lowest BCUT2D eigenvalue weighted by molar-refractivity contribution is -0.918. The minimum Gasteiger partial charge on any atom is -0.333 e. The third-order valence-corrected chi connectivity index (χ3v) is 4.36. The zero-order chi connectivity index (χ0) is 15.5. The van der Waals surface area contributed by atoms with Gasteiger partial charge in [-0.15, -0.1) is 0 Å². The molecular weight excluding hydrogens is 348 g/mol. The Kier molecular flexibility index (Phi) is 4.54. The van der Waals surface area contributed by atoms with E-state index in [4.69, 9.17) is 4.52 Å². The third-order valence-electron chi connectivity index (χ3n) is 3.87. The summed E-state index contributed by atoms with van der Waals surface area (Å²) in [5, 5.41) is 4.05. The van der Waals surface area contributed by atoms with Crippen molar-refractivity contribution in [1.82, 2.24) is 15.0 Å². The van der Waals surface area contributed by atoms with E-state index in [1.807, 2.05) is 29.2 Å². The van der Waals surface area contributed by atoms with E-state index in [1.54, 1.807) is 6.92 Å². The van der Waals surface area contributed by atoms with Crippen molar-refractivity contribution in [3.05, 3.63) is 34.6 Å². The summed E-state index contributed by atoms with van der Waals surface area (Å²) in [6.45, 7) is 5.72. The molecule has 1 aliphatic heterocycles. The topological polar surface area (TPSA) is 63.7 Å². The van der Waals surface area contributed by atoms with E-state index in [9.17, 15) is 4.79 Å². The van der Waals surface area contributed by atoms with Gasteiger partial charge < -0.3 is 14.3 Å². The van der Waals surface area contributed by atoms with Crippen LogP contribution >= 0.6 is 15.9 Å². The van der Waals surface area contributed by atoms with Crippen molar-refractivity contribution in [1.29, 1.82) is 0 Å². The van der Waals surface area contributed by atoms with Gasteiger partial charge in [-0.1, -0.05) is 33.2 Å². The van der Waals surface area contributed by atoms with E-state index < -0.39 is 0 Å². The Labute approximate surface area is 137 Å². The molecule has 0 atom stereocenters. The van der Waals surface area contributed by atoms with Gasteiger partial charge in [-0.05, 0) is 12.1 Å². The number of carbonyl (C=O) groups is 1. The van der Waals surface area contributed by atoms with E-state index in [-0.39, 0.29) is 5.91 Å². The lowest BCUT2D eigenvalue weighted by Crippen LogP contribution is -3.13. The fourth-order valence-corrected chi connectivity index (χ4v) is 3.00. The van der Waals surface area contributed by atoms with Crippen LogP contribution in [0.15, 0.2) is 33.3 Å². The molecule has 1 aliphatic rings. The smallest absolute Gasteiger partial charge is 0.282 e. The fourth-order valence-electron chi connectivity index (χ4n) is 2.60. The van der Waals surface area contributed by atoms with Crippen LogP contribution < -0.4 is 4.90 Å². The number of rotatable bonds is 3. The van der Waals surface area contributed by atoms with Gasteiger partial charge in [0.05, 0.1) is 26.2 Å². The van der Waals surface area contributed by atoms with Crippen LogP contribution in [0.3, 0.4) is 0 Å². The van der Waals surface area contributed by atoms with Crippen LogP contribution in [0.5, 0.6) is 0 Å². The van der Waals surface area contributed by atoms with Gasteiger partial charge in [-0.3, -0.25) is 4.79 Å². The van der Waals surface area contributed by atoms with Gasteiger partial charge in [0.25, 0.3) is 5.89 Å². The minimum atomic E-state index is 0.147. The summed E-state index contributed by atoms with van der Waals surface area (Å²) < 4.78 is 6.35. The monoisotopic (exact) mass is 365 g/mol. The Bertz CT molecular complexity index is 665. The molecule has 0 saturated carbocycles. The van der Waals surface area contributed by atoms with Crippen molar-refractivity contribution in [3.8, 4) is 11.4 Å². The molecular formula is C15H18BrN4O2+. The van der Waals surface area contributed by atoms with E-state index in [0.717, 1.165) is 36.2 Å². The second-order valence-electron chi connectivity index (χ2n) is 5.45. The number of benzene rings is 1. The molecule has 1 aromatic carbocycles. The van der Waals surface area contributed by atoms with Gasteiger partial charge in [-0.25, -0.2) is 0 Å². The van der Waals surface area contributed by atoms with Crippen LogP contribution in [-0.2, 0) is 11.3 Å². The van der Waals surface area contributed by atoms with E-state index >= 15 is 0 Å². The maximum absolute atomic E-state index is 11.3. The first kappa shape index (κ1) is 15.2. The molecule has 0 aliphatic carbocycles. The number of piperazine rings is 1. The van der Waals surface area contributed by atoms with E-state index in [1.165, 1.54) is 4.90 Å². The van der Waals surface area contributed by atoms with Crippen molar-refractivity contribution in [2.24, 2.45) is 0 Å².